The number of aryl methyl sites for hydroxylation is 2. The molecule has 0 saturated heterocycles. The van der Waals surface area contributed by atoms with Gasteiger partial charge in [0.2, 0.25) is 0 Å². The number of benzene rings is 1. The van der Waals surface area contributed by atoms with E-state index in [2.05, 4.69) is 9.36 Å². The number of sulfone groups is 1. The monoisotopic (exact) mass is 335 g/mol. The summed E-state index contributed by atoms with van der Waals surface area (Å²) in [6.45, 7) is 1.81. The van der Waals surface area contributed by atoms with E-state index in [1.54, 1.807) is 37.3 Å². The number of rotatable bonds is 4. The number of nitrogens with zero attached hydrogens (tertiary/aromatic N) is 3. The number of fused-ring (bicyclic) bond motifs is 1. The number of hydrogen-bond acceptors (Lipinski definition) is 6. The molecule has 0 aliphatic heterocycles. The molecule has 0 radical (unpaired) electrons. The third-order valence-electron chi connectivity index (χ3n) is 3.34. The largest absolute Gasteiger partial charge is 0.298 e. The minimum Gasteiger partial charge on any atom is -0.298 e. The van der Waals surface area contributed by atoms with Crippen molar-refractivity contribution >= 4 is 31.6 Å². The van der Waals surface area contributed by atoms with Crippen molar-refractivity contribution in [2.24, 2.45) is 0 Å². The Balaban J connectivity index is 1.90. The first-order valence-electron chi connectivity index (χ1n) is 6.58. The van der Waals surface area contributed by atoms with Crippen LogP contribution in [0.3, 0.4) is 0 Å². The first kappa shape index (κ1) is 14.9. The molecule has 0 unspecified atom stereocenters. The lowest BCUT2D eigenvalue weighted by Crippen LogP contribution is -2.24. The first-order valence-corrected chi connectivity index (χ1v) is 9.01. The van der Waals surface area contributed by atoms with Gasteiger partial charge in [-0.25, -0.2) is 13.4 Å². The van der Waals surface area contributed by atoms with Crippen LogP contribution in [0.5, 0.6) is 0 Å². The highest BCUT2D eigenvalue weighted by molar-refractivity contribution is 7.91. The lowest BCUT2D eigenvalue weighted by atomic mass is 10.3. The Kier molecular flexibility index (Phi) is 3.79. The molecule has 3 rings (SSSR count). The zero-order chi connectivity index (χ0) is 15.7. The molecule has 1 aromatic carbocycles. The molecule has 2 heterocycles. The number of hydrogen-bond donors (Lipinski definition) is 0. The van der Waals surface area contributed by atoms with Crippen LogP contribution in [0.1, 0.15) is 5.69 Å². The molecule has 0 aliphatic rings. The van der Waals surface area contributed by atoms with Crippen molar-refractivity contribution in [3.63, 3.8) is 0 Å². The molecular weight excluding hydrogens is 322 g/mol. The quantitative estimate of drug-likeness (QED) is 0.724. The molecule has 0 spiro atoms. The molecule has 0 saturated carbocycles. The van der Waals surface area contributed by atoms with E-state index in [0.717, 1.165) is 11.5 Å². The molecule has 0 bridgehead atoms. The van der Waals surface area contributed by atoms with E-state index in [1.807, 2.05) is 0 Å². The third-order valence-corrected chi connectivity index (χ3v) is 5.90. The maximum Gasteiger partial charge on any atom is 0.264 e. The van der Waals surface area contributed by atoms with E-state index in [1.165, 1.54) is 10.9 Å². The van der Waals surface area contributed by atoms with Gasteiger partial charge in [-0.3, -0.25) is 9.36 Å². The fourth-order valence-electron chi connectivity index (χ4n) is 2.13. The molecule has 3 aromatic rings. The highest BCUT2D eigenvalue weighted by atomic mass is 32.2. The minimum absolute atomic E-state index is 0.0638. The average Bonchev–Trinajstić information content (AvgIpc) is 2.90. The van der Waals surface area contributed by atoms with E-state index >= 15 is 0 Å². The molecule has 114 valence electrons. The van der Waals surface area contributed by atoms with E-state index < -0.39 is 9.84 Å². The SMILES string of the molecule is Cc1nsc2ncn(CCS(=O)(=O)c3ccccc3)c(=O)c12. The van der Waals surface area contributed by atoms with Gasteiger partial charge in [0.1, 0.15) is 0 Å². The van der Waals surface area contributed by atoms with E-state index in [4.69, 9.17) is 0 Å². The van der Waals surface area contributed by atoms with Gasteiger partial charge >= 0.3 is 0 Å². The Morgan fingerprint density at radius 1 is 1.23 bits per heavy atom. The summed E-state index contributed by atoms with van der Waals surface area (Å²) < 4.78 is 29.9. The summed E-state index contributed by atoms with van der Waals surface area (Å²) in [4.78, 5) is 17.3. The summed E-state index contributed by atoms with van der Waals surface area (Å²) in [5.41, 5.74) is 0.372. The second kappa shape index (κ2) is 5.62. The van der Waals surface area contributed by atoms with Gasteiger partial charge in [-0.05, 0) is 30.6 Å². The minimum atomic E-state index is -3.43. The third kappa shape index (κ3) is 2.67. The van der Waals surface area contributed by atoms with Crippen LogP contribution < -0.4 is 5.56 Å². The zero-order valence-electron chi connectivity index (χ0n) is 11.8. The zero-order valence-corrected chi connectivity index (χ0v) is 13.4. The molecule has 22 heavy (non-hydrogen) atoms. The smallest absolute Gasteiger partial charge is 0.264 e. The van der Waals surface area contributed by atoms with E-state index in [0.29, 0.717) is 15.9 Å². The van der Waals surface area contributed by atoms with Crippen LogP contribution in [0, 0.1) is 6.92 Å². The fourth-order valence-corrected chi connectivity index (χ4v) is 4.11. The van der Waals surface area contributed by atoms with Crippen molar-refractivity contribution in [1.82, 2.24) is 13.9 Å². The number of aromatic nitrogens is 3. The maximum atomic E-state index is 12.4. The lowest BCUT2D eigenvalue weighted by Gasteiger charge is -2.06. The van der Waals surface area contributed by atoms with Crippen LogP contribution in [0.2, 0.25) is 0 Å². The van der Waals surface area contributed by atoms with Gasteiger partial charge in [0.15, 0.2) is 14.7 Å². The molecule has 0 N–H and O–H groups in total. The Bertz CT molecular complexity index is 975. The van der Waals surface area contributed by atoms with Crippen molar-refractivity contribution in [2.75, 3.05) is 5.75 Å². The molecule has 8 heteroatoms. The van der Waals surface area contributed by atoms with Crippen LogP contribution >= 0.6 is 11.5 Å². The second-order valence-electron chi connectivity index (χ2n) is 4.82. The second-order valence-corrected chi connectivity index (χ2v) is 7.68. The van der Waals surface area contributed by atoms with Crippen LogP contribution in [-0.2, 0) is 16.4 Å². The topological polar surface area (TPSA) is 81.9 Å². The summed E-state index contributed by atoms with van der Waals surface area (Å²) >= 11 is 1.16. The molecular formula is C14H13N3O3S2. The molecule has 0 atom stereocenters. The standard InChI is InChI=1S/C14H13N3O3S2/c1-10-12-13(21-16-10)15-9-17(14(12)18)7-8-22(19,20)11-5-3-2-4-6-11/h2-6,9H,7-8H2,1H3. The van der Waals surface area contributed by atoms with Crippen LogP contribution in [0.25, 0.3) is 10.2 Å². The summed E-state index contributed by atoms with van der Waals surface area (Å²) in [6, 6.07) is 8.20. The van der Waals surface area contributed by atoms with Crippen molar-refractivity contribution in [1.29, 1.82) is 0 Å². The fraction of sp³-hybridized carbons (Fsp3) is 0.214. The Morgan fingerprint density at radius 3 is 2.68 bits per heavy atom. The lowest BCUT2D eigenvalue weighted by molar-refractivity contribution is 0.587. The van der Waals surface area contributed by atoms with Crippen molar-refractivity contribution in [3.8, 4) is 0 Å². The summed E-state index contributed by atoms with van der Waals surface area (Å²) in [7, 11) is -3.43. The van der Waals surface area contributed by atoms with Gasteiger partial charge in [0.05, 0.1) is 28.1 Å². The van der Waals surface area contributed by atoms with Crippen molar-refractivity contribution < 1.29 is 8.42 Å². The molecule has 0 aliphatic carbocycles. The average molecular weight is 335 g/mol. The van der Waals surface area contributed by atoms with Gasteiger partial charge < -0.3 is 0 Å². The van der Waals surface area contributed by atoms with E-state index in [-0.39, 0.29) is 22.8 Å². The summed E-state index contributed by atoms with van der Waals surface area (Å²) in [5.74, 6) is -0.152. The molecule has 0 fully saturated rings. The van der Waals surface area contributed by atoms with Crippen LogP contribution in [-0.4, -0.2) is 28.1 Å². The van der Waals surface area contributed by atoms with Crippen LogP contribution in [0.15, 0.2) is 46.3 Å². The normalized spacial score (nSPS) is 11.9. The van der Waals surface area contributed by atoms with Gasteiger partial charge in [-0.15, -0.1) is 0 Å². The maximum absolute atomic E-state index is 12.4. The molecule has 2 aromatic heterocycles. The Hall–Kier alpha value is -2.06. The van der Waals surface area contributed by atoms with Gasteiger partial charge in [-0.2, -0.15) is 4.37 Å². The Labute approximate surface area is 131 Å². The van der Waals surface area contributed by atoms with Crippen molar-refractivity contribution in [2.45, 2.75) is 18.4 Å². The van der Waals surface area contributed by atoms with Crippen molar-refractivity contribution in [3.05, 3.63) is 52.7 Å². The molecule has 6 nitrogen and oxygen atoms in total. The van der Waals surface area contributed by atoms with Gasteiger partial charge in [-0.1, -0.05) is 18.2 Å². The predicted molar refractivity (Wildman–Crippen MR) is 84.9 cm³/mol. The summed E-state index contributed by atoms with van der Waals surface area (Å²) in [6.07, 6.45) is 1.38. The predicted octanol–water partition coefficient (Wildman–Crippen LogP) is 1.64. The van der Waals surface area contributed by atoms with E-state index in [9.17, 15) is 13.2 Å². The molecule has 0 amide bonds. The highest BCUT2D eigenvalue weighted by Gasteiger charge is 2.16. The van der Waals surface area contributed by atoms with Crippen LogP contribution in [0.4, 0.5) is 0 Å². The Morgan fingerprint density at radius 2 is 1.95 bits per heavy atom. The summed E-state index contributed by atoms with van der Waals surface area (Å²) in [5, 5.41) is 0.463. The van der Waals surface area contributed by atoms with Gasteiger partial charge in [0, 0.05) is 6.54 Å². The first-order chi connectivity index (χ1) is 10.5. The highest BCUT2D eigenvalue weighted by Crippen LogP contribution is 2.15. The van der Waals surface area contributed by atoms with Gasteiger partial charge in [0.25, 0.3) is 5.56 Å².